The highest BCUT2D eigenvalue weighted by Gasteiger charge is 2.56. The first-order valence-corrected chi connectivity index (χ1v) is 11.1. The average molecular weight is 409 g/mol. The molecule has 1 amide bonds. The number of ether oxygens (including phenoxy) is 1. The van der Waals surface area contributed by atoms with Crippen LogP contribution in [0, 0.1) is 5.41 Å². The van der Waals surface area contributed by atoms with Crippen molar-refractivity contribution in [3.05, 3.63) is 41.6 Å². The summed E-state index contributed by atoms with van der Waals surface area (Å²) >= 11 is 0. The van der Waals surface area contributed by atoms with Gasteiger partial charge in [0.05, 0.1) is 17.9 Å². The van der Waals surface area contributed by atoms with Crippen LogP contribution in [-0.2, 0) is 20.7 Å². The molecule has 2 aliphatic heterocycles. The van der Waals surface area contributed by atoms with Crippen molar-refractivity contribution in [2.24, 2.45) is 10.4 Å². The van der Waals surface area contributed by atoms with Crippen LogP contribution in [0.2, 0.25) is 0 Å². The Hall–Kier alpha value is -2.43. The van der Waals surface area contributed by atoms with Crippen molar-refractivity contribution < 1.29 is 14.3 Å². The second-order valence-electron chi connectivity index (χ2n) is 9.90. The van der Waals surface area contributed by atoms with E-state index in [9.17, 15) is 9.59 Å². The maximum Gasteiger partial charge on any atom is 0.307 e. The minimum absolute atomic E-state index is 0.0509. The Bertz CT molecular complexity index is 919. The Morgan fingerprint density at radius 2 is 1.97 bits per heavy atom. The van der Waals surface area contributed by atoms with Crippen LogP contribution in [0.15, 0.2) is 41.0 Å². The topological polar surface area (TPSA) is 59.0 Å². The number of para-hydroxylation sites is 1. The highest BCUT2D eigenvalue weighted by molar-refractivity contribution is 6.10. The third kappa shape index (κ3) is 4.07. The lowest BCUT2D eigenvalue weighted by molar-refractivity contribution is -0.157. The first-order valence-electron chi connectivity index (χ1n) is 11.1. The third-order valence-corrected chi connectivity index (χ3v) is 6.18. The molecule has 0 spiro atoms. The van der Waals surface area contributed by atoms with E-state index in [2.05, 4.69) is 13.0 Å². The molecule has 160 valence electrons. The van der Waals surface area contributed by atoms with Crippen molar-refractivity contribution in [2.75, 3.05) is 4.90 Å². The van der Waals surface area contributed by atoms with Crippen molar-refractivity contribution in [1.29, 1.82) is 0 Å². The predicted molar refractivity (Wildman–Crippen MR) is 119 cm³/mol. The van der Waals surface area contributed by atoms with Gasteiger partial charge in [-0.05, 0) is 57.2 Å². The summed E-state index contributed by atoms with van der Waals surface area (Å²) in [5.41, 5.74) is 3.38. The molecule has 1 aromatic carbocycles. The SMILES string of the molecule is CCCC1=CN=C(C2Cc3ccccc3N2C(=O)C2(CC(=O)OC(C)(C)C)CC2)C1. The molecule has 0 radical (unpaired) electrons. The minimum atomic E-state index is -0.628. The van der Waals surface area contributed by atoms with Gasteiger partial charge in [0.1, 0.15) is 5.60 Å². The zero-order chi connectivity index (χ0) is 21.5. The number of carbonyl (C=O) groups excluding carboxylic acids is 2. The molecule has 0 bridgehead atoms. The van der Waals surface area contributed by atoms with Crippen LogP contribution in [0.5, 0.6) is 0 Å². The summed E-state index contributed by atoms with van der Waals surface area (Å²) in [7, 11) is 0. The molecular weight excluding hydrogens is 376 g/mol. The number of esters is 1. The molecule has 30 heavy (non-hydrogen) atoms. The fraction of sp³-hybridized carbons (Fsp3) is 0.560. The molecular formula is C25H32N2O3. The normalized spacial score (nSPS) is 21.7. The first-order chi connectivity index (χ1) is 14.2. The highest BCUT2D eigenvalue weighted by Crippen LogP contribution is 2.53. The van der Waals surface area contributed by atoms with Gasteiger partial charge in [-0.3, -0.25) is 14.6 Å². The van der Waals surface area contributed by atoms with Gasteiger partial charge >= 0.3 is 5.97 Å². The molecule has 5 nitrogen and oxygen atoms in total. The largest absolute Gasteiger partial charge is 0.460 e. The molecule has 1 aromatic rings. The van der Waals surface area contributed by atoms with Gasteiger partial charge in [-0.1, -0.05) is 31.5 Å². The molecule has 3 aliphatic rings. The van der Waals surface area contributed by atoms with E-state index >= 15 is 0 Å². The number of nitrogens with zero attached hydrogens (tertiary/aromatic N) is 2. The minimum Gasteiger partial charge on any atom is -0.460 e. The Morgan fingerprint density at radius 1 is 1.23 bits per heavy atom. The summed E-state index contributed by atoms with van der Waals surface area (Å²) in [6.07, 6.45) is 7.39. The van der Waals surface area contributed by atoms with E-state index in [4.69, 9.17) is 9.73 Å². The summed E-state index contributed by atoms with van der Waals surface area (Å²) in [6.45, 7) is 7.75. The van der Waals surface area contributed by atoms with Crippen LogP contribution in [0.1, 0.15) is 71.8 Å². The molecule has 0 N–H and O–H groups in total. The van der Waals surface area contributed by atoms with Gasteiger partial charge in [0.15, 0.2) is 0 Å². The molecule has 0 saturated heterocycles. The maximum atomic E-state index is 13.8. The van der Waals surface area contributed by atoms with Crippen molar-refractivity contribution >= 4 is 23.3 Å². The zero-order valence-corrected chi connectivity index (χ0v) is 18.5. The molecule has 0 aromatic heterocycles. The van der Waals surface area contributed by atoms with Gasteiger partial charge in [0.2, 0.25) is 5.91 Å². The number of hydrogen-bond donors (Lipinski definition) is 0. The van der Waals surface area contributed by atoms with Crippen molar-refractivity contribution in [1.82, 2.24) is 0 Å². The molecule has 4 rings (SSSR count). The number of amides is 1. The average Bonchev–Trinajstić information content (AvgIpc) is 3.12. The molecule has 2 heterocycles. The number of anilines is 1. The smallest absolute Gasteiger partial charge is 0.307 e. The predicted octanol–water partition coefficient (Wildman–Crippen LogP) is 4.99. The number of fused-ring (bicyclic) bond motifs is 1. The lowest BCUT2D eigenvalue weighted by atomic mass is 9.96. The Morgan fingerprint density at radius 3 is 2.63 bits per heavy atom. The lowest BCUT2D eigenvalue weighted by Crippen LogP contribution is -2.47. The zero-order valence-electron chi connectivity index (χ0n) is 18.5. The summed E-state index contributed by atoms with van der Waals surface area (Å²) < 4.78 is 5.52. The first kappa shape index (κ1) is 20.8. The number of aliphatic imine (C=N–C) groups is 1. The van der Waals surface area contributed by atoms with Crippen LogP contribution in [0.3, 0.4) is 0 Å². The van der Waals surface area contributed by atoms with E-state index in [0.717, 1.165) is 49.9 Å². The quantitative estimate of drug-likeness (QED) is 0.624. The fourth-order valence-electron chi connectivity index (χ4n) is 4.61. The lowest BCUT2D eigenvalue weighted by Gasteiger charge is -2.30. The third-order valence-electron chi connectivity index (χ3n) is 6.18. The van der Waals surface area contributed by atoms with E-state index in [1.54, 1.807) is 0 Å². The summed E-state index contributed by atoms with van der Waals surface area (Å²) in [5, 5.41) is 0. The Labute approximate surface area is 179 Å². The van der Waals surface area contributed by atoms with Crippen LogP contribution in [0.4, 0.5) is 5.69 Å². The molecule has 1 fully saturated rings. The summed E-state index contributed by atoms with van der Waals surface area (Å²) in [6, 6.07) is 8.06. The number of benzene rings is 1. The van der Waals surface area contributed by atoms with Gasteiger partial charge < -0.3 is 9.64 Å². The molecule has 1 saturated carbocycles. The fourth-order valence-corrected chi connectivity index (χ4v) is 4.61. The van der Waals surface area contributed by atoms with Gasteiger partial charge in [-0.25, -0.2) is 0 Å². The number of allylic oxidation sites excluding steroid dienone is 1. The summed E-state index contributed by atoms with van der Waals surface area (Å²) in [4.78, 5) is 33.0. The van der Waals surface area contributed by atoms with E-state index in [-0.39, 0.29) is 24.3 Å². The van der Waals surface area contributed by atoms with E-state index < -0.39 is 11.0 Å². The van der Waals surface area contributed by atoms with Crippen LogP contribution >= 0.6 is 0 Å². The van der Waals surface area contributed by atoms with Crippen LogP contribution in [0.25, 0.3) is 0 Å². The molecule has 5 heteroatoms. The Kier molecular flexibility index (Phi) is 5.33. The Balaban J connectivity index is 1.57. The number of hydrogen-bond acceptors (Lipinski definition) is 4. The maximum absolute atomic E-state index is 13.8. The second kappa shape index (κ2) is 7.68. The van der Waals surface area contributed by atoms with Crippen molar-refractivity contribution in [2.45, 2.75) is 84.3 Å². The van der Waals surface area contributed by atoms with Gasteiger partial charge in [-0.2, -0.15) is 0 Å². The van der Waals surface area contributed by atoms with Gasteiger partial charge in [0.25, 0.3) is 0 Å². The van der Waals surface area contributed by atoms with Crippen LogP contribution in [-0.4, -0.2) is 29.2 Å². The van der Waals surface area contributed by atoms with Gasteiger partial charge in [0, 0.05) is 30.4 Å². The number of rotatable bonds is 6. The van der Waals surface area contributed by atoms with E-state index in [1.165, 1.54) is 11.1 Å². The van der Waals surface area contributed by atoms with E-state index in [0.29, 0.717) is 0 Å². The molecule has 1 atom stereocenters. The summed E-state index contributed by atoms with van der Waals surface area (Å²) in [5.74, 6) is -0.238. The monoisotopic (exact) mass is 408 g/mol. The second-order valence-corrected chi connectivity index (χ2v) is 9.90. The number of carbonyl (C=O) groups is 2. The molecule has 1 unspecified atom stereocenters. The van der Waals surface area contributed by atoms with Crippen LogP contribution < -0.4 is 4.90 Å². The highest BCUT2D eigenvalue weighted by atomic mass is 16.6. The molecule has 1 aliphatic carbocycles. The van der Waals surface area contributed by atoms with Crippen molar-refractivity contribution in [3.63, 3.8) is 0 Å². The van der Waals surface area contributed by atoms with Gasteiger partial charge in [-0.15, -0.1) is 0 Å². The van der Waals surface area contributed by atoms with E-state index in [1.807, 2.05) is 50.1 Å². The standard InChI is InChI=1S/C25H32N2O3/c1-5-8-17-13-19(26-16-17)21-14-18-9-6-7-10-20(18)27(21)23(29)25(11-12-25)15-22(28)30-24(2,3)4/h6-7,9-10,16,21H,5,8,11-15H2,1-4H3. The van der Waals surface area contributed by atoms with Crippen molar-refractivity contribution in [3.8, 4) is 0 Å².